The molecule has 5 nitrogen and oxygen atoms in total. The standard InChI is InChI=1S/C13H26N2O3/c1-10(2)15(8-6-7-11(16)17)12(18)14-9-13(3,4)5/h10H,6-9H2,1-5H3,(H,14,18)(H,16,17). The first kappa shape index (κ1) is 16.7. The molecule has 0 radical (unpaired) electrons. The summed E-state index contributed by atoms with van der Waals surface area (Å²) in [6, 6.07) is -0.0518. The predicted octanol–water partition coefficient (Wildman–Crippen LogP) is 2.32. The summed E-state index contributed by atoms with van der Waals surface area (Å²) in [5, 5.41) is 11.5. The van der Waals surface area contributed by atoms with Crippen molar-refractivity contribution in [2.75, 3.05) is 13.1 Å². The van der Waals surface area contributed by atoms with Gasteiger partial charge in [-0.25, -0.2) is 4.79 Å². The summed E-state index contributed by atoms with van der Waals surface area (Å²) in [5.41, 5.74) is 0.0410. The largest absolute Gasteiger partial charge is 0.481 e. The summed E-state index contributed by atoms with van der Waals surface area (Å²) >= 11 is 0. The molecule has 0 aliphatic heterocycles. The van der Waals surface area contributed by atoms with Crippen LogP contribution in [0.2, 0.25) is 0 Å². The highest BCUT2D eigenvalue weighted by Crippen LogP contribution is 2.11. The van der Waals surface area contributed by atoms with E-state index in [-0.39, 0.29) is 23.9 Å². The quantitative estimate of drug-likeness (QED) is 0.768. The van der Waals surface area contributed by atoms with E-state index in [1.54, 1.807) is 4.90 Å². The first-order valence-corrected chi connectivity index (χ1v) is 6.40. The monoisotopic (exact) mass is 258 g/mol. The number of carbonyl (C=O) groups is 2. The zero-order chi connectivity index (χ0) is 14.3. The Morgan fingerprint density at radius 1 is 1.28 bits per heavy atom. The number of urea groups is 1. The van der Waals surface area contributed by atoms with Gasteiger partial charge in [-0.2, -0.15) is 0 Å². The summed E-state index contributed by atoms with van der Waals surface area (Å²) in [5.74, 6) is -0.825. The Kier molecular flexibility index (Phi) is 6.73. The summed E-state index contributed by atoms with van der Waals surface area (Å²) < 4.78 is 0. The molecule has 5 heteroatoms. The SMILES string of the molecule is CC(C)N(CCCC(=O)O)C(=O)NCC(C)(C)C. The minimum absolute atomic E-state index is 0.0410. The van der Waals surface area contributed by atoms with Gasteiger partial charge < -0.3 is 15.3 Å². The van der Waals surface area contributed by atoms with Crippen molar-refractivity contribution in [3.8, 4) is 0 Å². The molecular weight excluding hydrogens is 232 g/mol. The van der Waals surface area contributed by atoms with Crippen LogP contribution in [0.15, 0.2) is 0 Å². The van der Waals surface area contributed by atoms with Crippen molar-refractivity contribution >= 4 is 12.0 Å². The van der Waals surface area contributed by atoms with Crippen molar-refractivity contribution in [2.45, 2.75) is 53.5 Å². The number of carboxylic acids is 1. The summed E-state index contributed by atoms with van der Waals surface area (Å²) in [7, 11) is 0. The van der Waals surface area contributed by atoms with E-state index < -0.39 is 5.97 Å². The number of nitrogens with one attached hydrogen (secondary N) is 1. The second kappa shape index (κ2) is 7.24. The van der Waals surface area contributed by atoms with E-state index in [9.17, 15) is 9.59 Å². The van der Waals surface area contributed by atoms with E-state index in [1.807, 2.05) is 13.8 Å². The van der Waals surface area contributed by atoms with E-state index in [0.29, 0.717) is 19.5 Å². The highest BCUT2D eigenvalue weighted by atomic mass is 16.4. The second-order valence-electron chi connectivity index (χ2n) is 6.00. The van der Waals surface area contributed by atoms with Crippen LogP contribution in [-0.4, -0.2) is 41.1 Å². The van der Waals surface area contributed by atoms with Crippen LogP contribution in [-0.2, 0) is 4.79 Å². The van der Waals surface area contributed by atoms with Gasteiger partial charge in [-0.1, -0.05) is 20.8 Å². The molecule has 18 heavy (non-hydrogen) atoms. The van der Waals surface area contributed by atoms with E-state index in [2.05, 4.69) is 26.1 Å². The van der Waals surface area contributed by atoms with Gasteiger partial charge in [0.2, 0.25) is 0 Å². The van der Waals surface area contributed by atoms with Crippen molar-refractivity contribution in [3.63, 3.8) is 0 Å². The molecular formula is C13H26N2O3. The molecule has 0 aliphatic rings. The van der Waals surface area contributed by atoms with Gasteiger partial charge in [-0.3, -0.25) is 4.79 Å². The fourth-order valence-corrected chi connectivity index (χ4v) is 1.44. The Hall–Kier alpha value is -1.26. The number of amides is 2. The molecule has 0 unspecified atom stereocenters. The van der Waals surface area contributed by atoms with Crippen molar-refractivity contribution in [1.29, 1.82) is 0 Å². The lowest BCUT2D eigenvalue weighted by molar-refractivity contribution is -0.137. The van der Waals surface area contributed by atoms with Gasteiger partial charge in [0.05, 0.1) is 0 Å². The normalized spacial score (nSPS) is 11.4. The topological polar surface area (TPSA) is 69.6 Å². The molecule has 0 spiro atoms. The maximum Gasteiger partial charge on any atom is 0.317 e. The summed E-state index contributed by atoms with van der Waals surface area (Å²) in [6.45, 7) is 11.1. The minimum Gasteiger partial charge on any atom is -0.481 e. The van der Waals surface area contributed by atoms with Crippen LogP contribution >= 0.6 is 0 Å². The molecule has 0 fully saturated rings. The third kappa shape index (κ3) is 7.92. The fourth-order valence-electron chi connectivity index (χ4n) is 1.44. The Balaban J connectivity index is 4.24. The van der Waals surface area contributed by atoms with Gasteiger partial charge in [0.1, 0.15) is 0 Å². The average Bonchev–Trinajstić information content (AvgIpc) is 2.19. The van der Waals surface area contributed by atoms with Crippen LogP contribution in [0.25, 0.3) is 0 Å². The van der Waals surface area contributed by atoms with Crippen LogP contribution in [0.4, 0.5) is 4.79 Å². The first-order chi connectivity index (χ1) is 8.13. The summed E-state index contributed by atoms with van der Waals surface area (Å²) in [6.07, 6.45) is 0.576. The van der Waals surface area contributed by atoms with Crippen molar-refractivity contribution in [1.82, 2.24) is 10.2 Å². The predicted molar refractivity (Wildman–Crippen MR) is 71.6 cm³/mol. The molecule has 0 aromatic rings. The number of nitrogens with zero attached hydrogens (tertiary/aromatic N) is 1. The van der Waals surface area contributed by atoms with Gasteiger partial charge in [0, 0.05) is 25.6 Å². The molecule has 0 aliphatic carbocycles. The highest BCUT2D eigenvalue weighted by molar-refractivity contribution is 5.74. The lowest BCUT2D eigenvalue weighted by atomic mass is 9.97. The number of hydrogen-bond donors (Lipinski definition) is 2. The maximum absolute atomic E-state index is 12.0. The number of carbonyl (C=O) groups excluding carboxylic acids is 1. The van der Waals surface area contributed by atoms with Gasteiger partial charge in [0.25, 0.3) is 0 Å². The number of carboxylic acid groups (broad SMARTS) is 1. The molecule has 106 valence electrons. The van der Waals surface area contributed by atoms with E-state index in [0.717, 1.165) is 0 Å². The number of aliphatic carboxylic acids is 1. The lowest BCUT2D eigenvalue weighted by Gasteiger charge is -2.28. The molecule has 0 heterocycles. The lowest BCUT2D eigenvalue weighted by Crippen LogP contribution is -2.46. The Morgan fingerprint density at radius 2 is 1.83 bits per heavy atom. The van der Waals surface area contributed by atoms with E-state index >= 15 is 0 Å². The van der Waals surface area contributed by atoms with Gasteiger partial charge in [0.15, 0.2) is 0 Å². The zero-order valence-electron chi connectivity index (χ0n) is 12.1. The van der Waals surface area contributed by atoms with Crippen molar-refractivity contribution in [3.05, 3.63) is 0 Å². The molecule has 0 saturated heterocycles. The molecule has 0 saturated carbocycles. The van der Waals surface area contributed by atoms with Crippen LogP contribution in [0, 0.1) is 5.41 Å². The maximum atomic E-state index is 12.0. The molecule has 0 aromatic heterocycles. The van der Waals surface area contributed by atoms with Crippen molar-refractivity contribution < 1.29 is 14.7 Å². The molecule has 0 bridgehead atoms. The molecule has 0 rings (SSSR count). The molecule has 0 aromatic carbocycles. The zero-order valence-corrected chi connectivity index (χ0v) is 12.1. The Labute approximate surface area is 110 Å². The highest BCUT2D eigenvalue weighted by Gasteiger charge is 2.19. The van der Waals surface area contributed by atoms with Gasteiger partial charge in [-0.15, -0.1) is 0 Å². The van der Waals surface area contributed by atoms with Crippen LogP contribution in [0.5, 0.6) is 0 Å². The minimum atomic E-state index is -0.825. The molecule has 2 amide bonds. The Morgan fingerprint density at radius 3 is 2.22 bits per heavy atom. The van der Waals surface area contributed by atoms with Crippen LogP contribution in [0.1, 0.15) is 47.5 Å². The average molecular weight is 258 g/mol. The van der Waals surface area contributed by atoms with Crippen LogP contribution in [0.3, 0.4) is 0 Å². The van der Waals surface area contributed by atoms with Crippen LogP contribution < -0.4 is 5.32 Å². The smallest absolute Gasteiger partial charge is 0.317 e. The summed E-state index contributed by atoms with van der Waals surface area (Å²) in [4.78, 5) is 24.1. The number of rotatable bonds is 6. The van der Waals surface area contributed by atoms with Crippen molar-refractivity contribution in [2.24, 2.45) is 5.41 Å². The molecule has 2 N–H and O–H groups in total. The fraction of sp³-hybridized carbons (Fsp3) is 0.846. The molecule has 0 atom stereocenters. The second-order valence-corrected chi connectivity index (χ2v) is 6.00. The Bertz CT molecular complexity index is 282. The third-order valence-electron chi connectivity index (χ3n) is 2.44. The van der Waals surface area contributed by atoms with E-state index in [1.165, 1.54) is 0 Å². The first-order valence-electron chi connectivity index (χ1n) is 6.40. The number of hydrogen-bond acceptors (Lipinski definition) is 2. The van der Waals surface area contributed by atoms with Gasteiger partial charge in [-0.05, 0) is 25.7 Å². The van der Waals surface area contributed by atoms with Gasteiger partial charge >= 0.3 is 12.0 Å². The van der Waals surface area contributed by atoms with E-state index in [4.69, 9.17) is 5.11 Å². The third-order valence-corrected chi connectivity index (χ3v) is 2.44.